The molecular weight excluding hydrogens is 781 g/mol. The van der Waals surface area contributed by atoms with Crippen LogP contribution in [0.3, 0.4) is 0 Å². The molecule has 6 heteroatoms. The fraction of sp³-hybridized carbons (Fsp3) is 0.842. The minimum absolute atomic E-state index is 0.0683. The maximum atomic E-state index is 12.7. The molecule has 368 valence electrons. The summed E-state index contributed by atoms with van der Waals surface area (Å²) in [6.07, 6.45) is 61.7. The Morgan fingerprint density at radius 2 is 0.571 bits per heavy atom. The SMILES string of the molecule is CCCCCCC/C=C\C/C=C\C/C=C\CCCCCCCCCCCCCCCCC(=O)OCC(COC(=O)CCCCCCCCCC)OC(=O)CCCCCCCCCC. The summed E-state index contributed by atoms with van der Waals surface area (Å²) in [5.74, 6) is -0.868. The molecule has 0 amide bonds. The molecule has 0 aliphatic rings. The summed E-state index contributed by atoms with van der Waals surface area (Å²) in [7, 11) is 0. The number of unbranched alkanes of at least 4 members (excludes halogenated alkanes) is 33. The normalized spacial score (nSPS) is 12.2. The molecule has 0 heterocycles. The zero-order chi connectivity index (χ0) is 45.8. The average molecular weight is 885 g/mol. The molecule has 63 heavy (non-hydrogen) atoms. The smallest absolute Gasteiger partial charge is 0.306 e. The van der Waals surface area contributed by atoms with Crippen molar-refractivity contribution in [2.45, 2.75) is 297 Å². The summed E-state index contributed by atoms with van der Waals surface area (Å²) < 4.78 is 16.7. The van der Waals surface area contributed by atoms with Crippen molar-refractivity contribution in [2.75, 3.05) is 13.2 Å². The van der Waals surface area contributed by atoms with E-state index in [-0.39, 0.29) is 31.1 Å². The first-order chi connectivity index (χ1) is 31.0. The van der Waals surface area contributed by atoms with Crippen LogP contribution >= 0.6 is 0 Å². The number of hydrogen-bond donors (Lipinski definition) is 0. The van der Waals surface area contributed by atoms with Crippen LogP contribution < -0.4 is 0 Å². The fourth-order valence-electron chi connectivity index (χ4n) is 7.98. The highest BCUT2D eigenvalue weighted by Gasteiger charge is 2.19. The molecule has 0 aliphatic heterocycles. The molecule has 6 nitrogen and oxygen atoms in total. The van der Waals surface area contributed by atoms with E-state index in [2.05, 4.69) is 57.2 Å². The van der Waals surface area contributed by atoms with Crippen molar-refractivity contribution in [1.82, 2.24) is 0 Å². The molecule has 0 radical (unpaired) electrons. The molecule has 1 unspecified atom stereocenters. The van der Waals surface area contributed by atoms with Crippen molar-refractivity contribution in [3.05, 3.63) is 36.5 Å². The number of ether oxygens (including phenoxy) is 3. The van der Waals surface area contributed by atoms with E-state index >= 15 is 0 Å². The number of carbonyl (C=O) groups is 3. The average Bonchev–Trinajstić information content (AvgIpc) is 3.28. The zero-order valence-electron chi connectivity index (χ0n) is 42.1. The van der Waals surface area contributed by atoms with Crippen LogP contribution in [0.25, 0.3) is 0 Å². The molecule has 0 aliphatic carbocycles. The summed E-state index contributed by atoms with van der Waals surface area (Å²) >= 11 is 0. The van der Waals surface area contributed by atoms with Gasteiger partial charge in [-0.15, -0.1) is 0 Å². The lowest BCUT2D eigenvalue weighted by Crippen LogP contribution is -2.30. The quantitative estimate of drug-likeness (QED) is 0.0262. The van der Waals surface area contributed by atoms with Gasteiger partial charge in [0.05, 0.1) is 0 Å². The number of esters is 3. The highest BCUT2D eigenvalue weighted by atomic mass is 16.6. The Labute approximate surface area is 391 Å². The molecule has 0 aromatic heterocycles. The lowest BCUT2D eigenvalue weighted by atomic mass is 10.0. The van der Waals surface area contributed by atoms with Crippen LogP contribution in [-0.4, -0.2) is 37.2 Å². The molecular formula is C57H104O6. The van der Waals surface area contributed by atoms with Gasteiger partial charge >= 0.3 is 17.9 Å². The van der Waals surface area contributed by atoms with Crippen molar-refractivity contribution < 1.29 is 28.6 Å². The highest BCUT2D eigenvalue weighted by molar-refractivity contribution is 5.71. The molecule has 0 saturated carbocycles. The summed E-state index contributed by atoms with van der Waals surface area (Å²) in [6, 6.07) is 0. The van der Waals surface area contributed by atoms with Gasteiger partial charge in [-0.2, -0.15) is 0 Å². The number of allylic oxidation sites excluding steroid dienone is 6. The van der Waals surface area contributed by atoms with E-state index in [4.69, 9.17) is 14.2 Å². The van der Waals surface area contributed by atoms with Gasteiger partial charge in [-0.05, 0) is 57.8 Å². The van der Waals surface area contributed by atoms with Gasteiger partial charge in [0.25, 0.3) is 0 Å². The van der Waals surface area contributed by atoms with Crippen molar-refractivity contribution in [3.8, 4) is 0 Å². The second kappa shape index (κ2) is 52.3. The van der Waals surface area contributed by atoms with E-state index in [1.165, 1.54) is 180 Å². The van der Waals surface area contributed by atoms with E-state index in [9.17, 15) is 14.4 Å². The van der Waals surface area contributed by atoms with Crippen molar-refractivity contribution >= 4 is 17.9 Å². The van der Waals surface area contributed by atoms with Crippen molar-refractivity contribution in [1.29, 1.82) is 0 Å². The zero-order valence-corrected chi connectivity index (χ0v) is 42.1. The predicted octanol–water partition coefficient (Wildman–Crippen LogP) is 18.1. The maximum Gasteiger partial charge on any atom is 0.306 e. The standard InChI is InChI=1S/C57H104O6/c1-4-7-10-13-16-19-20-21-22-23-24-25-26-27-28-29-30-31-32-33-34-35-36-37-38-39-42-44-47-50-56(59)62-53-54(63-57(60)51-48-45-41-18-15-12-9-6-3)52-61-55(58)49-46-43-40-17-14-11-8-5-2/h20-21,23-24,26-27,54H,4-19,22,25,28-53H2,1-3H3/b21-20-,24-23-,27-26-. The lowest BCUT2D eigenvalue weighted by molar-refractivity contribution is -0.167. The van der Waals surface area contributed by atoms with Gasteiger partial charge in [0.15, 0.2) is 6.10 Å². The molecule has 0 aromatic carbocycles. The van der Waals surface area contributed by atoms with Crippen LogP contribution in [0.15, 0.2) is 36.5 Å². The van der Waals surface area contributed by atoms with Gasteiger partial charge in [-0.25, -0.2) is 0 Å². The Bertz CT molecular complexity index is 1060. The largest absolute Gasteiger partial charge is 0.462 e. The molecule has 0 saturated heterocycles. The Morgan fingerprint density at radius 1 is 0.317 bits per heavy atom. The van der Waals surface area contributed by atoms with Gasteiger partial charge in [0.2, 0.25) is 0 Å². The van der Waals surface area contributed by atoms with Gasteiger partial charge in [-0.1, -0.05) is 250 Å². The molecule has 0 rings (SSSR count). The number of carbonyl (C=O) groups excluding carboxylic acids is 3. The van der Waals surface area contributed by atoms with Crippen LogP contribution in [0.4, 0.5) is 0 Å². The van der Waals surface area contributed by atoms with E-state index in [0.717, 1.165) is 70.6 Å². The van der Waals surface area contributed by atoms with Crippen LogP contribution in [0, 0.1) is 0 Å². The third kappa shape index (κ3) is 50.5. The lowest BCUT2D eigenvalue weighted by Gasteiger charge is -2.18. The van der Waals surface area contributed by atoms with Crippen LogP contribution in [0.2, 0.25) is 0 Å². The van der Waals surface area contributed by atoms with Crippen molar-refractivity contribution in [2.24, 2.45) is 0 Å². The minimum Gasteiger partial charge on any atom is -0.462 e. The third-order valence-electron chi connectivity index (χ3n) is 12.1. The first-order valence-electron chi connectivity index (χ1n) is 27.5. The summed E-state index contributed by atoms with van der Waals surface area (Å²) in [4.78, 5) is 37.7. The van der Waals surface area contributed by atoms with Gasteiger partial charge in [0.1, 0.15) is 13.2 Å². The Balaban J connectivity index is 3.97. The molecule has 0 fully saturated rings. The molecule has 0 aromatic rings. The van der Waals surface area contributed by atoms with Gasteiger partial charge < -0.3 is 14.2 Å². The van der Waals surface area contributed by atoms with Crippen molar-refractivity contribution in [3.63, 3.8) is 0 Å². The van der Waals surface area contributed by atoms with E-state index < -0.39 is 6.10 Å². The van der Waals surface area contributed by atoms with E-state index in [1.54, 1.807) is 0 Å². The second-order valence-electron chi connectivity index (χ2n) is 18.5. The number of rotatable bonds is 50. The summed E-state index contributed by atoms with van der Waals surface area (Å²) in [5, 5.41) is 0. The Kier molecular flexibility index (Phi) is 50.3. The summed E-state index contributed by atoms with van der Waals surface area (Å²) in [5.41, 5.74) is 0. The Hall–Kier alpha value is -2.37. The van der Waals surface area contributed by atoms with Gasteiger partial charge in [0, 0.05) is 19.3 Å². The molecule has 0 N–H and O–H groups in total. The van der Waals surface area contributed by atoms with Gasteiger partial charge in [-0.3, -0.25) is 14.4 Å². The molecule has 0 spiro atoms. The Morgan fingerprint density at radius 3 is 0.889 bits per heavy atom. The molecule has 1 atom stereocenters. The topological polar surface area (TPSA) is 78.9 Å². The first-order valence-corrected chi connectivity index (χ1v) is 27.5. The second-order valence-corrected chi connectivity index (χ2v) is 18.5. The van der Waals surface area contributed by atoms with Crippen LogP contribution in [0.1, 0.15) is 290 Å². The van der Waals surface area contributed by atoms with Crippen LogP contribution in [0.5, 0.6) is 0 Å². The van der Waals surface area contributed by atoms with Crippen LogP contribution in [-0.2, 0) is 28.6 Å². The molecule has 0 bridgehead atoms. The minimum atomic E-state index is -0.763. The monoisotopic (exact) mass is 885 g/mol. The van der Waals surface area contributed by atoms with E-state index in [0.29, 0.717) is 19.3 Å². The highest BCUT2D eigenvalue weighted by Crippen LogP contribution is 2.16. The predicted molar refractivity (Wildman–Crippen MR) is 270 cm³/mol. The summed E-state index contributed by atoms with van der Waals surface area (Å²) in [6.45, 7) is 6.58. The maximum absolute atomic E-state index is 12.7. The van der Waals surface area contributed by atoms with E-state index in [1.807, 2.05) is 0 Å². The fourth-order valence-corrected chi connectivity index (χ4v) is 7.98. The first kappa shape index (κ1) is 60.6. The third-order valence-corrected chi connectivity index (χ3v) is 12.1. The number of hydrogen-bond acceptors (Lipinski definition) is 6.